The quantitative estimate of drug-likeness (QED) is 0.597. The van der Waals surface area contributed by atoms with Crippen LogP contribution in [0.3, 0.4) is 0 Å². The second kappa shape index (κ2) is 7.75. The lowest BCUT2D eigenvalue weighted by Crippen LogP contribution is -2.14. The first-order valence-corrected chi connectivity index (χ1v) is 10.2. The number of benzene rings is 2. The van der Waals surface area contributed by atoms with E-state index in [0.29, 0.717) is 23.2 Å². The number of fused-ring (bicyclic) bond motifs is 1. The highest BCUT2D eigenvalue weighted by molar-refractivity contribution is 7.92. The van der Waals surface area contributed by atoms with Gasteiger partial charge in [-0.15, -0.1) is 0 Å². The van der Waals surface area contributed by atoms with E-state index in [0.717, 1.165) is 23.2 Å². The van der Waals surface area contributed by atoms with Gasteiger partial charge in [0.1, 0.15) is 5.75 Å². The Morgan fingerprint density at radius 1 is 1.11 bits per heavy atom. The fourth-order valence-electron chi connectivity index (χ4n) is 2.66. The normalized spacial score (nSPS) is 12.3. The summed E-state index contributed by atoms with van der Waals surface area (Å²) in [5, 5.41) is 0.670. The molecule has 28 heavy (non-hydrogen) atoms. The van der Waals surface area contributed by atoms with Gasteiger partial charge in [0.15, 0.2) is 0 Å². The van der Waals surface area contributed by atoms with E-state index < -0.39 is 21.8 Å². The van der Waals surface area contributed by atoms with Crippen molar-refractivity contribution in [2.75, 3.05) is 17.1 Å². The van der Waals surface area contributed by atoms with Crippen LogP contribution >= 0.6 is 0 Å². The van der Waals surface area contributed by atoms with E-state index in [-0.39, 0.29) is 12.4 Å². The van der Waals surface area contributed by atoms with E-state index in [4.69, 9.17) is 4.74 Å². The van der Waals surface area contributed by atoms with Crippen LogP contribution in [0.5, 0.6) is 5.75 Å². The molecule has 0 amide bonds. The minimum Gasteiger partial charge on any atom is -0.493 e. The van der Waals surface area contributed by atoms with Crippen molar-refractivity contribution in [3.05, 3.63) is 59.8 Å². The van der Waals surface area contributed by atoms with Crippen LogP contribution in [-0.4, -0.2) is 25.8 Å². The molecular formula is C19H19F3N2O3S. The molecule has 1 heterocycles. The van der Waals surface area contributed by atoms with Crippen LogP contribution in [0.15, 0.2) is 48.7 Å². The topological polar surface area (TPSA) is 71.2 Å². The molecule has 0 saturated heterocycles. The molecule has 0 bridgehead atoms. The van der Waals surface area contributed by atoms with Crippen molar-refractivity contribution >= 4 is 26.6 Å². The van der Waals surface area contributed by atoms with Gasteiger partial charge >= 0.3 is 6.18 Å². The third-order valence-electron chi connectivity index (χ3n) is 4.24. The molecule has 3 aromatic rings. The Morgan fingerprint density at radius 3 is 2.46 bits per heavy atom. The minimum absolute atomic E-state index is 0.0387. The predicted molar refractivity (Wildman–Crippen MR) is 102 cm³/mol. The maximum absolute atomic E-state index is 12.6. The summed E-state index contributed by atoms with van der Waals surface area (Å²) in [4.78, 5) is 2.99. The second-order valence-electron chi connectivity index (χ2n) is 6.21. The van der Waals surface area contributed by atoms with E-state index in [2.05, 4.69) is 9.71 Å². The van der Waals surface area contributed by atoms with Gasteiger partial charge in [-0.25, -0.2) is 8.42 Å². The first-order chi connectivity index (χ1) is 13.2. The Kier molecular flexibility index (Phi) is 5.55. The van der Waals surface area contributed by atoms with Crippen molar-refractivity contribution in [1.29, 1.82) is 0 Å². The number of H-pyrrole nitrogens is 1. The van der Waals surface area contributed by atoms with Gasteiger partial charge in [0, 0.05) is 23.5 Å². The average molecular weight is 412 g/mol. The number of rotatable bonds is 7. The first kappa shape index (κ1) is 20.1. The molecule has 2 N–H and O–H groups in total. The van der Waals surface area contributed by atoms with Crippen molar-refractivity contribution < 1.29 is 26.3 Å². The molecule has 0 aliphatic carbocycles. The summed E-state index contributed by atoms with van der Waals surface area (Å²) in [7, 11) is -3.40. The molecule has 0 saturated carbocycles. The summed E-state index contributed by atoms with van der Waals surface area (Å²) in [6.45, 7) is 1.82. The third-order valence-corrected chi connectivity index (χ3v) is 5.53. The maximum atomic E-state index is 12.6. The monoisotopic (exact) mass is 412 g/mol. The van der Waals surface area contributed by atoms with Gasteiger partial charge in [0.2, 0.25) is 10.0 Å². The number of anilines is 1. The van der Waals surface area contributed by atoms with Gasteiger partial charge in [-0.05, 0) is 42.8 Å². The lowest BCUT2D eigenvalue weighted by molar-refractivity contribution is -0.137. The lowest BCUT2D eigenvalue weighted by Gasteiger charge is -2.09. The number of halogens is 3. The maximum Gasteiger partial charge on any atom is 0.416 e. The van der Waals surface area contributed by atoms with Crippen LogP contribution < -0.4 is 9.46 Å². The standard InChI is InChI=1S/C19H19F3N2O3S/c1-2-28(25,26)24-18-12-23-17-8-7-15(11-16(17)18)27-10-9-13-3-5-14(6-4-13)19(20,21)22/h3-8,11-12,23-24H,2,9-10H2,1H3. The summed E-state index contributed by atoms with van der Waals surface area (Å²) in [5.41, 5.74) is 1.23. The minimum atomic E-state index is -4.35. The SMILES string of the molecule is CCS(=O)(=O)Nc1c[nH]c2ccc(OCCc3ccc(C(F)(F)F)cc3)cc12. The molecule has 2 aromatic carbocycles. The van der Waals surface area contributed by atoms with Crippen LogP contribution in [0, 0.1) is 0 Å². The van der Waals surface area contributed by atoms with Crippen molar-refractivity contribution in [3.63, 3.8) is 0 Å². The number of ether oxygens (including phenoxy) is 1. The van der Waals surface area contributed by atoms with Gasteiger partial charge in [0.25, 0.3) is 0 Å². The summed E-state index contributed by atoms with van der Waals surface area (Å²) in [6, 6.07) is 10.2. The van der Waals surface area contributed by atoms with Gasteiger partial charge in [-0.3, -0.25) is 4.72 Å². The van der Waals surface area contributed by atoms with Crippen LogP contribution in [-0.2, 0) is 22.6 Å². The van der Waals surface area contributed by atoms with Crippen LogP contribution in [0.4, 0.5) is 18.9 Å². The fraction of sp³-hybridized carbons (Fsp3) is 0.263. The van der Waals surface area contributed by atoms with Crippen molar-refractivity contribution in [2.45, 2.75) is 19.5 Å². The summed E-state index contributed by atoms with van der Waals surface area (Å²) in [6.07, 6.45) is -2.33. The van der Waals surface area contributed by atoms with Crippen molar-refractivity contribution in [1.82, 2.24) is 4.98 Å². The molecule has 1 aromatic heterocycles. The van der Waals surface area contributed by atoms with Gasteiger partial charge < -0.3 is 9.72 Å². The molecule has 0 aliphatic heterocycles. The fourth-order valence-corrected chi connectivity index (χ4v) is 3.31. The molecule has 3 rings (SSSR count). The third kappa shape index (κ3) is 4.78. The molecule has 5 nitrogen and oxygen atoms in total. The molecule has 0 atom stereocenters. The molecule has 9 heteroatoms. The molecule has 0 fully saturated rings. The largest absolute Gasteiger partial charge is 0.493 e. The number of sulfonamides is 1. The number of aromatic nitrogens is 1. The molecule has 0 unspecified atom stereocenters. The predicted octanol–water partition coefficient (Wildman–Crippen LogP) is 4.57. The number of nitrogens with one attached hydrogen (secondary N) is 2. The number of hydrogen-bond donors (Lipinski definition) is 2. The summed E-state index contributed by atoms with van der Waals surface area (Å²) in [5.74, 6) is 0.499. The number of aromatic amines is 1. The zero-order valence-electron chi connectivity index (χ0n) is 15.0. The van der Waals surface area contributed by atoms with Crippen LogP contribution in [0.2, 0.25) is 0 Å². The zero-order valence-corrected chi connectivity index (χ0v) is 15.8. The smallest absolute Gasteiger partial charge is 0.416 e. The van der Waals surface area contributed by atoms with E-state index in [1.165, 1.54) is 12.1 Å². The highest BCUT2D eigenvalue weighted by Crippen LogP contribution is 2.30. The summed E-state index contributed by atoms with van der Waals surface area (Å²) >= 11 is 0. The highest BCUT2D eigenvalue weighted by atomic mass is 32.2. The molecule has 0 spiro atoms. The first-order valence-electron chi connectivity index (χ1n) is 8.58. The Bertz CT molecular complexity index is 1060. The Morgan fingerprint density at radius 2 is 1.82 bits per heavy atom. The molecule has 150 valence electrons. The second-order valence-corrected chi connectivity index (χ2v) is 8.22. The van der Waals surface area contributed by atoms with E-state index in [9.17, 15) is 21.6 Å². The van der Waals surface area contributed by atoms with Gasteiger partial charge in [-0.2, -0.15) is 13.2 Å². The lowest BCUT2D eigenvalue weighted by atomic mass is 10.1. The van der Waals surface area contributed by atoms with E-state index in [1.54, 1.807) is 31.3 Å². The molecular weight excluding hydrogens is 393 g/mol. The van der Waals surface area contributed by atoms with Crippen LogP contribution in [0.25, 0.3) is 10.9 Å². The Labute approximate surface area is 160 Å². The number of alkyl halides is 3. The van der Waals surface area contributed by atoms with Crippen LogP contribution in [0.1, 0.15) is 18.1 Å². The average Bonchev–Trinajstić information content (AvgIpc) is 3.03. The zero-order chi connectivity index (χ0) is 20.4. The Balaban J connectivity index is 1.66. The highest BCUT2D eigenvalue weighted by Gasteiger charge is 2.29. The number of hydrogen-bond acceptors (Lipinski definition) is 3. The summed E-state index contributed by atoms with van der Waals surface area (Å²) < 4.78 is 69.5. The molecule has 0 radical (unpaired) electrons. The van der Waals surface area contributed by atoms with Crippen molar-refractivity contribution in [3.8, 4) is 5.75 Å². The van der Waals surface area contributed by atoms with Gasteiger partial charge in [0.05, 0.1) is 23.6 Å². The van der Waals surface area contributed by atoms with Crippen molar-refractivity contribution in [2.24, 2.45) is 0 Å². The van der Waals surface area contributed by atoms with E-state index >= 15 is 0 Å². The van der Waals surface area contributed by atoms with Gasteiger partial charge in [-0.1, -0.05) is 12.1 Å². The molecule has 0 aliphatic rings. The Hall–Kier alpha value is -2.68. The van der Waals surface area contributed by atoms with E-state index in [1.807, 2.05) is 0 Å².